The molecule has 1 aromatic rings. The second-order valence-electron chi connectivity index (χ2n) is 5.25. The monoisotopic (exact) mass is 356 g/mol. The van der Waals surface area contributed by atoms with E-state index in [0.717, 1.165) is 22.9 Å². The average molecular weight is 357 g/mol. The van der Waals surface area contributed by atoms with E-state index in [9.17, 15) is 4.79 Å². The largest absolute Gasteiger partial charge is 0.481 e. The van der Waals surface area contributed by atoms with Crippen molar-refractivity contribution in [2.45, 2.75) is 58.7 Å². The highest BCUT2D eigenvalue weighted by Crippen LogP contribution is 2.28. The molecule has 0 spiro atoms. The molecule has 118 valence electrons. The number of carbonyl (C=O) groups excluding carboxylic acids is 1. The number of carbonyl (C=O) groups is 1. The summed E-state index contributed by atoms with van der Waals surface area (Å²) in [5.74, 6) is 0.558. The molecule has 0 aliphatic heterocycles. The molecule has 0 aliphatic carbocycles. The standard InChI is InChI=1S/C16H25BrN2O2/c1-5-13(6-2)19-16(20)11(4)21-15-8-7-12(17)9-14(15)10(3)18/h7-11,13H,5-6,18H2,1-4H3,(H,19,20). The van der Waals surface area contributed by atoms with Crippen molar-refractivity contribution in [3.05, 3.63) is 28.2 Å². The van der Waals surface area contributed by atoms with Crippen LogP contribution in [0, 0.1) is 0 Å². The second-order valence-corrected chi connectivity index (χ2v) is 6.17. The molecule has 1 aromatic carbocycles. The highest BCUT2D eigenvalue weighted by Gasteiger charge is 2.19. The van der Waals surface area contributed by atoms with Crippen LogP contribution >= 0.6 is 15.9 Å². The maximum absolute atomic E-state index is 12.1. The van der Waals surface area contributed by atoms with Gasteiger partial charge in [0.05, 0.1) is 0 Å². The quantitative estimate of drug-likeness (QED) is 0.785. The van der Waals surface area contributed by atoms with Crippen molar-refractivity contribution in [1.29, 1.82) is 0 Å². The van der Waals surface area contributed by atoms with Gasteiger partial charge in [-0.25, -0.2) is 0 Å². The fraction of sp³-hybridized carbons (Fsp3) is 0.562. The lowest BCUT2D eigenvalue weighted by atomic mass is 10.1. The predicted molar refractivity (Wildman–Crippen MR) is 89.3 cm³/mol. The summed E-state index contributed by atoms with van der Waals surface area (Å²) in [6, 6.07) is 5.68. The van der Waals surface area contributed by atoms with E-state index in [1.807, 2.05) is 25.1 Å². The smallest absolute Gasteiger partial charge is 0.260 e. The first-order valence-corrected chi connectivity index (χ1v) is 8.20. The lowest BCUT2D eigenvalue weighted by molar-refractivity contribution is -0.128. The maximum Gasteiger partial charge on any atom is 0.260 e. The van der Waals surface area contributed by atoms with E-state index in [4.69, 9.17) is 10.5 Å². The zero-order valence-electron chi connectivity index (χ0n) is 13.2. The average Bonchev–Trinajstić information content (AvgIpc) is 2.45. The Hall–Kier alpha value is -1.07. The lowest BCUT2D eigenvalue weighted by Gasteiger charge is -2.21. The Morgan fingerprint density at radius 2 is 1.95 bits per heavy atom. The molecule has 5 heteroatoms. The first-order valence-electron chi connectivity index (χ1n) is 7.41. The summed E-state index contributed by atoms with van der Waals surface area (Å²) in [7, 11) is 0. The number of nitrogens with two attached hydrogens (primary N) is 1. The van der Waals surface area contributed by atoms with Crippen molar-refractivity contribution in [3.8, 4) is 5.75 Å². The van der Waals surface area contributed by atoms with E-state index < -0.39 is 6.10 Å². The number of rotatable bonds is 7. The van der Waals surface area contributed by atoms with Crippen LogP contribution in [0.4, 0.5) is 0 Å². The molecule has 0 saturated heterocycles. The molecular formula is C16H25BrN2O2. The molecule has 3 N–H and O–H groups in total. The van der Waals surface area contributed by atoms with Gasteiger partial charge in [0.25, 0.3) is 5.91 Å². The van der Waals surface area contributed by atoms with Crippen LogP contribution in [-0.2, 0) is 4.79 Å². The third-order valence-electron chi connectivity index (χ3n) is 3.47. The second kappa shape index (κ2) is 8.39. The SMILES string of the molecule is CCC(CC)NC(=O)C(C)Oc1ccc(Br)cc1C(C)N. The first kappa shape index (κ1) is 18.0. The Balaban J connectivity index is 2.78. The van der Waals surface area contributed by atoms with E-state index in [1.54, 1.807) is 6.92 Å². The molecule has 1 rings (SSSR count). The highest BCUT2D eigenvalue weighted by atomic mass is 79.9. The maximum atomic E-state index is 12.1. The summed E-state index contributed by atoms with van der Waals surface area (Å²) < 4.78 is 6.74. The van der Waals surface area contributed by atoms with Crippen molar-refractivity contribution in [2.24, 2.45) is 5.73 Å². The molecule has 0 saturated carbocycles. The zero-order valence-corrected chi connectivity index (χ0v) is 14.7. The van der Waals surface area contributed by atoms with Crippen molar-refractivity contribution >= 4 is 21.8 Å². The van der Waals surface area contributed by atoms with E-state index in [1.165, 1.54) is 0 Å². The number of hydrogen-bond acceptors (Lipinski definition) is 3. The van der Waals surface area contributed by atoms with Gasteiger partial charge in [-0.15, -0.1) is 0 Å². The number of ether oxygens (including phenoxy) is 1. The van der Waals surface area contributed by atoms with Gasteiger partial charge < -0.3 is 15.8 Å². The molecular weight excluding hydrogens is 332 g/mol. The number of amides is 1. The van der Waals surface area contributed by atoms with Gasteiger partial charge in [-0.1, -0.05) is 29.8 Å². The van der Waals surface area contributed by atoms with Crippen LogP contribution in [-0.4, -0.2) is 18.1 Å². The molecule has 0 aliphatic rings. The Morgan fingerprint density at radius 3 is 2.48 bits per heavy atom. The molecule has 4 nitrogen and oxygen atoms in total. The van der Waals surface area contributed by atoms with Gasteiger partial charge in [0, 0.05) is 22.1 Å². The minimum absolute atomic E-state index is 0.0951. The fourth-order valence-electron chi connectivity index (χ4n) is 2.04. The minimum atomic E-state index is -0.552. The summed E-state index contributed by atoms with van der Waals surface area (Å²) in [5.41, 5.74) is 6.84. The van der Waals surface area contributed by atoms with E-state index in [0.29, 0.717) is 5.75 Å². The van der Waals surface area contributed by atoms with Crippen LogP contribution in [0.15, 0.2) is 22.7 Å². The van der Waals surface area contributed by atoms with Gasteiger partial charge in [-0.2, -0.15) is 0 Å². The van der Waals surface area contributed by atoms with Crippen LogP contribution in [0.5, 0.6) is 5.75 Å². The topological polar surface area (TPSA) is 64.3 Å². The molecule has 2 atom stereocenters. The normalized spacial score (nSPS) is 13.9. The number of benzene rings is 1. The van der Waals surface area contributed by atoms with Crippen LogP contribution in [0.2, 0.25) is 0 Å². The first-order chi connectivity index (χ1) is 9.88. The molecule has 0 aromatic heterocycles. The fourth-order valence-corrected chi connectivity index (χ4v) is 2.42. The third kappa shape index (κ3) is 5.32. The van der Waals surface area contributed by atoms with Gasteiger partial charge >= 0.3 is 0 Å². The van der Waals surface area contributed by atoms with Gasteiger partial charge in [-0.05, 0) is 44.9 Å². The predicted octanol–water partition coefficient (Wildman–Crippen LogP) is 3.54. The van der Waals surface area contributed by atoms with Crippen molar-refractivity contribution in [1.82, 2.24) is 5.32 Å². The van der Waals surface area contributed by atoms with Gasteiger partial charge in [0.15, 0.2) is 6.10 Å². The molecule has 1 amide bonds. The summed E-state index contributed by atoms with van der Waals surface area (Å²) in [6.07, 6.45) is 1.28. The van der Waals surface area contributed by atoms with E-state index >= 15 is 0 Å². The summed E-state index contributed by atoms with van der Waals surface area (Å²) >= 11 is 3.42. The summed E-state index contributed by atoms with van der Waals surface area (Å²) in [6.45, 7) is 7.76. The minimum Gasteiger partial charge on any atom is -0.481 e. The zero-order chi connectivity index (χ0) is 16.0. The molecule has 2 unspecified atom stereocenters. The number of nitrogens with one attached hydrogen (secondary N) is 1. The Kier molecular flexibility index (Phi) is 7.18. The molecule has 21 heavy (non-hydrogen) atoms. The summed E-state index contributed by atoms with van der Waals surface area (Å²) in [5, 5.41) is 2.99. The third-order valence-corrected chi connectivity index (χ3v) is 3.96. The Bertz CT molecular complexity index is 473. The van der Waals surface area contributed by atoms with Crippen LogP contribution in [0.3, 0.4) is 0 Å². The van der Waals surface area contributed by atoms with Gasteiger partial charge in [-0.3, -0.25) is 4.79 Å². The number of hydrogen-bond donors (Lipinski definition) is 2. The van der Waals surface area contributed by atoms with E-state index in [-0.39, 0.29) is 18.0 Å². The van der Waals surface area contributed by atoms with Gasteiger partial charge in [0.2, 0.25) is 0 Å². The Morgan fingerprint density at radius 1 is 1.33 bits per heavy atom. The van der Waals surface area contributed by atoms with Crippen LogP contribution in [0.25, 0.3) is 0 Å². The lowest BCUT2D eigenvalue weighted by Crippen LogP contribution is -2.42. The van der Waals surface area contributed by atoms with Crippen molar-refractivity contribution < 1.29 is 9.53 Å². The van der Waals surface area contributed by atoms with Crippen molar-refractivity contribution in [2.75, 3.05) is 0 Å². The van der Waals surface area contributed by atoms with Crippen LogP contribution < -0.4 is 15.8 Å². The Labute approximate surface area is 135 Å². The molecule has 0 bridgehead atoms. The van der Waals surface area contributed by atoms with E-state index in [2.05, 4.69) is 35.1 Å². The van der Waals surface area contributed by atoms with Crippen LogP contribution in [0.1, 0.15) is 52.1 Å². The highest BCUT2D eigenvalue weighted by molar-refractivity contribution is 9.10. The van der Waals surface area contributed by atoms with Gasteiger partial charge in [0.1, 0.15) is 5.75 Å². The molecule has 0 fully saturated rings. The number of halogens is 1. The van der Waals surface area contributed by atoms with Crippen molar-refractivity contribution in [3.63, 3.8) is 0 Å². The molecule has 0 radical (unpaired) electrons. The molecule has 0 heterocycles. The summed E-state index contributed by atoms with van der Waals surface area (Å²) in [4.78, 5) is 12.1.